The van der Waals surface area contributed by atoms with Gasteiger partial charge in [-0.1, -0.05) is 65.9 Å². The van der Waals surface area contributed by atoms with E-state index in [-0.39, 0.29) is 42.3 Å². The van der Waals surface area contributed by atoms with Crippen molar-refractivity contribution in [2.75, 3.05) is 64.5 Å². The standard InChI is InChI=1S/C22H25ClN2O2.C21H23IN2O3/c1-3-16-25(2)20-11-4-17(5-12-20)6-13-21(26)18-7-9-19(10-8-18)24-22(27)14-15-23;1-24(14-15-25)19-9-2-16(3-10-19)4-11-20(26)17-5-7-18(8-6-17)23-21(27)12-13-22/h4-13H,3,14-16H2,1-2H3,(H,24,27);2-11,25H,12-15H2,1H3,(H,23,27)/b13-6+;11-4+. The summed E-state index contributed by atoms with van der Waals surface area (Å²) in [4.78, 5) is 51.9. The third-order valence-electron chi connectivity index (χ3n) is 8.07. The zero-order chi connectivity index (χ0) is 39.3. The first-order valence-electron chi connectivity index (χ1n) is 17.7. The molecule has 4 aromatic rings. The first-order valence-corrected chi connectivity index (χ1v) is 19.7. The molecule has 11 heteroatoms. The van der Waals surface area contributed by atoms with Gasteiger partial charge in [0.05, 0.1) is 6.61 Å². The van der Waals surface area contributed by atoms with Gasteiger partial charge in [0.25, 0.3) is 0 Å². The van der Waals surface area contributed by atoms with E-state index in [4.69, 9.17) is 16.7 Å². The molecule has 284 valence electrons. The molecule has 54 heavy (non-hydrogen) atoms. The summed E-state index contributed by atoms with van der Waals surface area (Å²) in [5, 5.41) is 14.5. The molecule has 0 saturated heterocycles. The van der Waals surface area contributed by atoms with Crippen LogP contribution >= 0.6 is 34.2 Å². The summed E-state index contributed by atoms with van der Waals surface area (Å²) in [6, 6.07) is 29.6. The highest BCUT2D eigenvalue weighted by atomic mass is 127. The van der Waals surface area contributed by atoms with Crippen molar-refractivity contribution in [2.45, 2.75) is 26.2 Å². The first kappa shape index (κ1) is 43.6. The number of amides is 2. The number of ketones is 2. The van der Waals surface area contributed by atoms with Crippen LogP contribution in [0.2, 0.25) is 0 Å². The fraction of sp³-hybridized carbons (Fsp3) is 0.256. The van der Waals surface area contributed by atoms with E-state index < -0.39 is 0 Å². The number of hydrogen-bond donors (Lipinski definition) is 3. The Kier molecular flexibility index (Phi) is 19.2. The van der Waals surface area contributed by atoms with Gasteiger partial charge in [-0.15, -0.1) is 11.6 Å². The lowest BCUT2D eigenvalue weighted by Gasteiger charge is -2.18. The minimum absolute atomic E-state index is 0.0311. The van der Waals surface area contributed by atoms with Crippen molar-refractivity contribution in [1.82, 2.24) is 0 Å². The summed E-state index contributed by atoms with van der Waals surface area (Å²) in [6.45, 7) is 3.84. The Morgan fingerprint density at radius 2 is 1.06 bits per heavy atom. The molecule has 3 N–H and O–H groups in total. The molecular formula is C43H48ClIN4O5. The largest absolute Gasteiger partial charge is 0.395 e. The van der Waals surface area contributed by atoms with E-state index in [0.29, 0.717) is 35.5 Å². The lowest BCUT2D eigenvalue weighted by molar-refractivity contribution is -0.116. The Bertz CT molecular complexity index is 1710. The number of anilines is 4. The van der Waals surface area contributed by atoms with Crippen LogP contribution < -0.4 is 20.4 Å². The van der Waals surface area contributed by atoms with Crippen molar-refractivity contribution in [3.63, 3.8) is 0 Å². The molecule has 0 bridgehead atoms. The van der Waals surface area contributed by atoms with E-state index in [2.05, 4.69) is 64.2 Å². The predicted octanol–water partition coefficient (Wildman–Crippen LogP) is 8.77. The highest BCUT2D eigenvalue weighted by molar-refractivity contribution is 14.1. The van der Waals surface area contributed by atoms with Crippen molar-refractivity contribution >= 4 is 92.5 Å². The summed E-state index contributed by atoms with van der Waals surface area (Å²) in [7, 11) is 3.98. The predicted molar refractivity (Wildman–Crippen MR) is 233 cm³/mol. The summed E-state index contributed by atoms with van der Waals surface area (Å²) >= 11 is 7.69. The number of aliphatic hydroxyl groups is 1. The number of nitrogens with one attached hydrogen (secondary N) is 2. The van der Waals surface area contributed by atoms with Crippen LogP contribution in [0.1, 0.15) is 58.0 Å². The Hall–Kier alpha value is -4.78. The van der Waals surface area contributed by atoms with Crippen molar-refractivity contribution in [2.24, 2.45) is 0 Å². The Morgan fingerprint density at radius 1 is 0.648 bits per heavy atom. The normalized spacial score (nSPS) is 10.8. The zero-order valence-electron chi connectivity index (χ0n) is 30.9. The maximum atomic E-state index is 12.3. The Morgan fingerprint density at radius 3 is 1.43 bits per heavy atom. The van der Waals surface area contributed by atoms with Crippen molar-refractivity contribution in [1.29, 1.82) is 0 Å². The quantitative estimate of drug-likeness (QED) is 0.0396. The minimum Gasteiger partial charge on any atom is -0.395 e. The van der Waals surface area contributed by atoms with E-state index in [0.717, 1.165) is 39.9 Å². The minimum atomic E-state index is -0.142. The lowest BCUT2D eigenvalue weighted by atomic mass is 10.1. The van der Waals surface area contributed by atoms with E-state index >= 15 is 0 Å². The summed E-state index contributed by atoms with van der Waals surface area (Å²) < 4.78 is 0.768. The molecule has 0 aromatic heterocycles. The highest BCUT2D eigenvalue weighted by Crippen LogP contribution is 2.18. The molecule has 0 saturated carbocycles. The summed E-state index contributed by atoms with van der Waals surface area (Å²) in [6.07, 6.45) is 8.51. The number of rotatable bonds is 18. The number of allylic oxidation sites excluding steroid dienone is 2. The number of nitrogens with zero attached hydrogens (tertiary/aromatic N) is 2. The van der Waals surface area contributed by atoms with E-state index in [9.17, 15) is 19.2 Å². The topological polar surface area (TPSA) is 119 Å². The molecule has 2 amide bonds. The van der Waals surface area contributed by atoms with Crippen molar-refractivity contribution in [3.8, 4) is 0 Å². The van der Waals surface area contributed by atoms with Gasteiger partial charge in [-0.3, -0.25) is 19.2 Å². The first-order chi connectivity index (χ1) is 26.1. The van der Waals surface area contributed by atoms with E-state index in [1.54, 1.807) is 60.7 Å². The molecule has 0 spiro atoms. The van der Waals surface area contributed by atoms with Crippen LogP contribution in [0.25, 0.3) is 12.2 Å². The lowest BCUT2D eigenvalue weighted by Crippen LogP contribution is -2.20. The third-order valence-corrected chi connectivity index (χ3v) is 8.79. The van der Waals surface area contributed by atoms with E-state index in [1.807, 2.05) is 54.4 Å². The second kappa shape index (κ2) is 23.8. The molecule has 4 rings (SSSR count). The van der Waals surface area contributed by atoms with Crippen LogP contribution in [0.4, 0.5) is 22.7 Å². The zero-order valence-corrected chi connectivity index (χ0v) is 33.8. The maximum absolute atomic E-state index is 12.3. The van der Waals surface area contributed by atoms with Gasteiger partial charge in [0, 0.05) is 84.2 Å². The van der Waals surface area contributed by atoms with Gasteiger partial charge in [-0.05, 0) is 102 Å². The molecule has 0 aliphatic carbocycles. The molecule has 4 aromatic carbocycles. The van der Waals surface area contributed by atoms with Crippen LogP contribution in [0.15, 0.2) is 109 Å². The van der Waals surface area contributed by atoms with Crippen LogP contribution in [-0.4, -0.2) is 72.6 Å². The van der Waals surface area contributed by atoms with Gasteiger partial charge >= 0.3 is 0 Å². The maximum Gasteiger partial charge on any atom is 0.225 e. The third kappa shape index (κ3) is 15.3. The van der Waals surface area contributed by atoms with Gasteiger partial charge in [-0.25, -0.2) is 0 Å². The molecule has 0 atom stereocenters. The van der Waals surface area contributed by atoms with Gasteiger partial charge in [0.15, 0.2) is 11.6 Å². The molecule has 0 fully saturated rings. The monoisotopic (exact) mass is 862 g/mol. The van der Waals surface area contributed by atoms with Crippen molar-refractivity contribution < 1.29 is 24.3 Å². The van der Waals surface area contributed by atoms with Crippen molar-refractivity contribution in [3.05, 3.63) is 131 Å². The fourth-order valence-corrected chi connectivity index (χ4v) is 5.68. The van der Waals surface area contributed by atoms with Gasteiger partial charge in [-0.2, -0.15) is 0 Å². The number of benzene rings is 4. The van der Waals surface area contributed by atoms with Crippen LogP contribution in [0.5, 0.6) is 0 Å². The fourth-order valence-electron chi connectivity index (χ4n) is 5.01. The molecule has 0 aliphatic heterocycles. The highest BCUT2D eigenvalue weighted by Gasteiger charge is 2.07. The SMILES string of the molecule is CCCN(C)c1ccc(/C=C/C(=O)c2ccc(NC(=O)CCCl)cc2)cc1.CN(CCO)c1ccc(/C=C/C(=O)c2ccc(NC(=O)CCI)cc2)cc1. The number of carbonyl (C=O) groups excluding carboxylic acids is 4. The summed E-state index contributed by atoms with van der Waals surface area (Å²) in [5.41, 5.74) is 6.54. The molecule has 0 heterocycles. The van der Waals surface area contributed by atoms with Gasteiger partial charge in [0.1, 0.15) is 0 Å². The number of hydrogen-bond acceptors (Lipinski definition) is 7. The van der Waals surface area contributed by atoms with Crippen LogP contribution in [-0.2, 0) is 9.59 Å². The molecule has 9 nitrogen and oxygen atoms in total. The number of alkyl halides is 2. The molecule has 0 unspecified atom stereocenters. The number of likely N-dealkylation sites (N-methyl/N-ethyl adjacent to an activating group) is 1. The molecule has 0 aliphatic rings. The van der Waals surface area contributed by atoms with Gasteiger partial charge in [0.2, 0.25) is 11.8 Å². The second-order valence-corrected chi connectivity index (χ2v) is 13.7. The van der Waals surface area contributed by atoms with E-state index in [1.165, 1.54) is 6.08 Å². The number of halogens is 2. The second-order valence-electron chi connectivity index (χ2n) is 12.3. The Balaban J connectivity index is 0.000000290. The molecular weight excluding hydrogens is 815 g/mol. The molecule has 0 radical (unpaired) electrons. The average Bonchev–Trinajstić information content (AvgIpc) is 3.17. The average molecular weight is 863 g/mol. The summed E-state index contributed by atoms with van der Waals surface area (Å²) in [5.74, 6) is -0.0702. The Labute approximate surface area is 337 Å². The van der Waals surface area contributed by atoms with Crippen LogP contribution in [0.3, 0.4) is 0 Å². The van der Waals surface area contributed by atoms with Crippen LogP contribution in [0, 0.1) is 0 Å². The number of aliphatic hydroxyl groups excluding tert-OH is 1. The smallest absolute Gasteiger partial charge is 0.225 e. The van der Waals surface area contributed by atoms with Gasteiger partial charge < -0.3 is 25.5 Å². The number of carbonyl (C=O) groups is 4.